The quantitative estimate of drug-likeness (QED) is 0.711. The van der Waals surface area contributed by atoms with Gasteiger partial charge in [0.2, 0.25) is 0 Å². The third kappa shape index (κ3) is 5.46. The number of carbonyl (C=O) groups excluding carboxylic acids is 2. The molecule has 0 spiro atoms. The summed E-state index contributed by atoms with van der Waals surface area (Å²) in [5.74, 6) is -1.47. The first-order chi connectivity index (χ1) is 9.24. The highest BCUT2D eigenvalue weighted by molar-refractivity contribution is 5.81. The molecule has 2 amide bonds. The van der Waals surface area contributed by atoms with Crippen LogP contribution in [0.2, 0.25) is 0 Å². The zero-order valence-corrected chi connectivity index (χ0v) is 12.8. The maximum atomic E-state index is 12.4. The van der Waals surface area contributed by atoms with E-state index in [1.165, 1.54) is 16.9 Å². The first-order valence-electron chi connectivity index (χ1n) is 6.60. The highest BCUT2D eigenvalue weighted by Gasteiger charge is 2.28. The normalized spacial score (nSPS) is 11.9. The summed E-state index contributed by atoms with van der Waals surface area (Å²) in [5, 5.41) is 8.82. The largest absolute Gasteiger partial charge is 0.481 e. The average Bonchev–Trinajstić information content (AvgIpc) is 2.34. The molecule has 7 nitrogen and oxygen atoms in total. The van der Waals surface area contributed by atoms with Crippen molar-refractivity contribution in [1.82, 2.24) is 9.80 Å². The first-order valence-corrected chi connectivity index (χ1v) is 6.60. The van der Waals surface area contributed by atoms with E-state index in [1.807, 2.05) is 0 Å². The molecule has 1 atom stereocenters. The van der Waals surface area contributed by atoms with Crippen molar-refractivity contribution < 1.29 is 24.2 Å². The van der Waals surface area contributed by atoms with Crippen LogP contribution in [-0.4, -0.2) is 65.2 Å². The van der Waals surface area contributed by atoms with Crippen LogP contribution >= 0.6 is 0 Å². The van der Waals surface area contributed by atoms with E-state index in [1.54, 1.807) is 27.7 Å². The van der Waals surface area contributed by atoms with Gasteiger partial charge in [0.05, 0.1) is 13.5 Å². The third-order valence-corrected chi connectivity index (χ3v) is 2.98. The number of urea groups is 1. The van der Waals surface area contributed by atoms with Crippen LogP contribution in [0, 0.1) is 0 Å². The molecule has 0 aliphatic rings. The second kappa shape index (κ2) is 8.39. The van der Waals surface area contributed by atoms with Gasteiger partial charge in [0.25, 0.3) is 0 Å². The fraction of sp³-hybridized carbons (Fsp3) is 0.769. The molecule has 0 rings (SSSR count). The van der Waals surface area contributed by atoms with E-state index in [0.717, 1.165) is 0 Å². The van der Waals surface area contributed by atoms with Gasteiger partial charge in [0, 0.05) is 18.6 Å². The Balaban J connectivity index is 4.99. The van der Waals surface area contributed by atoms with Crippen LogP contribution < -0.4 is 0 Å². The van der Waals surface area contributed by atoms with Crippen molar-refractivity contribution in [1.29, 1.82) is 0 Å². The van der Waals surface area contributed by atoms with Crippen molar-refractivity contribution in [2.75, 3.05) is 20.2 Å². The van der Waals surface area contributed by atoms with Gasteiger partial charge in [-0.3, -0.25) is 9.59 Å². The van der Waals surface area contributed by atoms with Crippen LogP contribution in [-0.2, 0) is 14.3 Å². The molecule has 0 saturated heterocycles. The van der Waals surface area contributed by atoms with E-state index >= 15 is 0 Å². The van der Waals surface area contributed by atoms with E-state index in [2.05, 4.69) is 4.74 Å². The maximum Gasteiger partial charge on any atom is 0.325 e. The first kappa shape index (κ1) is 18.2. The number of carboxylic acids is 1. The molecular weight excluding hydrogens is 264 g/mol. The topological polar surface area (TPSA) is 87.2 Å². The second-order valence-corrected chi connectivity index (χ2v) is 4.81. The van der Waals surface area contributed by atoms with Crippen LogP contribution in [0.1, 0.15) is 34.1 Å². The molecule has 1 N–H and O–H groups in total. The Morgan fingerprint density at radius 3 is 2.05 bits per heavy atom. The summed E-state index contributed by atoms with van der Waals surface area (Å²) in [7, 11) is 1.26. The van der Waals surface area contributed by atoms with E-state index in [9.17, 15) is 14.4 Å². The highest BCUT2D eigenvalue weighted by Crippen LogP contribution is 2.11. The van der Waals surface area contributed by atoms with Crippen molar-refractivity contribution >= 4 is 18.0 Å². The van der Waals surface area contributed by atoms with Crippen LogP contribution in [0.25, 0.3) is 0 Å². The molecule has 0 aliphatic heterocycles. The Morgan fingerprint density at radius 2 is 1.70 bits per heavy atom. The number of carboxylic acid groups (broad SMARTS) is 1. The molecule has 20 heavy (non-hydrogen) atoms. The van der Waals surface area contributed by atoms with Crippen molar-refractivity contribution in [2.24, 2.45) is 0 Å². The summed E-state index contributed by atoms with van der Waals surface area (Å²) in [6, 6.07) is -0.988. The monoisotopic (exact) mass is 288 g/mol. The van der Waals surface area contributed by atoms with Gasteiger partial charge in [-0.05, 0) is 27.7 Å². The Kier molecular flexibility index (Phi) is 7.64. The average molecular weight is 288 g/mol. The number of methoxy groups -OCH3 is 1. The number of amides is 2. The molecule has 0 bridgehead atoms. The molecule has 0 aromatic carbocycles. The van der Waals surface area contributed by atoms with Gasteiger partial charge in [0.15, 0.2) is 0 Å². The van der Waals surface area contributed by atoms with Crippen LogP contribution in [0.4, 0.5) is 4.79 Å². The van der Waals surface area contributed by atoms with Crippen molar-refractivity contribution in [3.05, 3.63) is 0 Å². The number of aliphatic carboxylic acids is 1. The zero-order chi connectivity index (χ0) is 15.9. The number of nitrogens with zero attached hydrogens (tertiary/aromatic N) is 2. The lowest BCUT2D eigenvalue weighted by molar-refractivity contribution is -0.142. The molecular formula is C13H24N2O5. The van der Waals surface area contributed by atoms with Crippen molar-refractivity contribution in [3.8, 4) is 0 Å². The molecule has 0 aromatic rings. The molecule has 0 aromatic heterocycles. The molecule has 0 saturated carbocycles. The maximum absolute atomic E-state index is 12.4. The smallest absolute Gasteiger partial charge is 0.325 e. The van der Waals surface area contributed by atoms with Gasteiger partial charge in [-0.25, -0.2) is 4.79 Å². The van der Waals surface area contributed by atoms with Crippen molar-refractivity contribution in [2.45, 2.75) is 46.2 Å². The molecule has 116 valence electrons. The summed E-state index contributed by atoms with van der Waals surface area (Å²) < 4.78 is 4.57. The highest BCUT2D eigenvalue weighted by atomic mass is 16.5. The van der Waals surface area contributed by atoms with Gasteiger partial charge < -0.3 is 19.6 Å². The Labute approximate surface area is 119 Å². The van der Waals surface area contributed by atoms with E-state index in [-0.39, 0.29) is 25.0 Å². The third-order valence-electron chi connectivity index (χ3n) is 2.98. The number of rotatable bonds is 7. The molecule has 0 heterocycles. The summed E-state index contributed by atoms with van der Waals surface area (Å²) in [5.41, 5.74) is 0. The predicted molar refractivity (Wildman–Crippen MR) is 73.3 cm³/mol. The predicted octanol–water partition coefficient (Wildman–Crippen LogP) is 1.17. The molecule has 0 fully saturated rings. The van der Waals surface area contributed by atoms with E-state index in [0.29, 0.717) is 6.54 Å². The van der Waals surface area contributed by atoms with Gasteiger partial charge in [-0.1, -0.05) is 0 Å². The van der Waals surface area contributed by atoms with Gasteiger partial charge in [0.1, 0.15) is 6.54 Å². The standard InChI is InChI=1S/C13H24N2O5/c1-6-14(10(4)7-11(16)17)13(19)15(9(2)3)8-12(18)20-5/h9-10H,6-8H2,1-5H3,(H,16,17). The van der Waals surface area contributed by atoms with Crippen molar-refractivity contribution in [3.63, 3.8) is 0 Å². The lowest BCUT2D eigenvalue weighted by Crippen LogP contribution is -2.51. The summed E-state index contributed by atoms with van der Waals surface area (Å²) >= 11 is 0. The summed E-state index contributed by atoms with van der Waals surface area (Å²) in [4.78, 5) is 37.4. The summed E-state index contributed by atoms with van der Waals surface area (Å²) in [6.07, 6.45) is -0.135. The Bertz CT molecular complexity index is 357. The number of hydrogen-bond acceptors (Lipinski definition) is 4. The minimum Gasteiger partial charge on any atom is -0.481 e. The van der Waals surface area contributed by atoms with Crippen LogP contribution in [0.5, 0.6) is 0 Å². The Hall–Kier alpha value is -1.79. The van der Waals surface area contributed by atoms with Crippen LogP contribution in [0.15, 0.2) is 0 Å². The number of carbonyl (C=O) groups is 3. The Morgan fingerprint density at radius 1 is 1.15 bits per heavy atom. The fourth-order valence-electron chi connectivity index (χ4n) is 1.84. The van der Waals surface area contributed by atoms with Gasteiger partial charge in [-0.15, -0.1) is 0 Å². The molecule has 0 aliphatic carbocycles. The SMILES string of the molecule is CCN(C(=O)N(CC(=O)OC)C(C)C)C(C)CC(=O)O. The molecule has 1 unspecified atom stereocenters. The number of hydrogen-bond donors (Lipinski definition) is 1. The fourth-order valence-corrected chi connectivity index (χ4v) is 1.84. The van der Waals surface area contributed by atoms with E-state index in [4.69, 9.17) is 5.11 Å². The van der Waals surface area contributed by atoms with Gasteiger partial charge >= 0.3 is 18.0 Å². The van der Waals surface area contributed by atoms with Gasteiger partial charge in [-0.2, -0.15) is 0 Å². The lowest BCUT2D eigenvalue weighted by Gasteiger charge is -2.35. The summed E-state index contributed by atoms with van der Waals surface area (Å²) in [6.45, 7) is 7.24. The second-order valence-electron chi connectivity index (χ2n) is 4.81. The molecule has 0 radical (unpaired) electrons. The molecule has 7 heteroatoms. The minimum atomic E-state index is -0.965. The lowest BCUT2D eigenvalue weighted by atomic mass is 10.2. The van der Waals surface area contributed by atoms with E-state index < -0.39 is 18.0 Å². The zero-order valence-electron chi connectivity index (χ0n) is 12.8. The number of esters is 1. The minimum absolute atomic E-state index is 0.135. The van der Waals surface area contributed by atoms with Crippen LogP contribution in [0.3, 0.4) is 0 Å². The number of ether oxygens (including phenoxy) is 1.